The van der Waals surface area contributed by atoms with Crippen molar-refractivity contribution < 1.29 is 0 Å². The Hall–Kier alpha value is -1.35. The van der Waals surface area contributed by atoms with Crippen molar-refractivity contribution in [3.05, 3.63) is 36.0 Å². The molecule has 0 aliphatic rings. The number of aromatic nitrogens is 1. The molecule has 2 aromatic rings. The molecule has 3 heteroatoms. The van der Waals surface area contributed by atoms with Gasteiger partial charge < -0.3 is 10.7 Å². The van der Waals surface area contributed by atoms with E-state index in [2.05, 4.69) is 23.2 Å². The monoisotopic (exact) mass is 190 g/mol. The van der Waals surface area contributed by atoms with Crippen molar-refractivity contribution in [1.29, 1.82) is 0 Å². The third-order valence-corrected chi connectivity index (χ3v) is 2.14. The fourth-order valence-corrected chi connectivity index (χ4v) is 1.57. The molecular formula is C10H10N2S. The van der Waals surface area contributed by atoms with Gasteiger partial charge in [0, 0.05) is 18.1 Å². The number of aromatic amines is 1. The number of rotatable bonds is 2. The highest BCUT2D eigenvalue weighted by atomic mass is 32.1. The van der Waals surface area contributed by atoms with Crippen LogP contribution < -0.4 is 5.73 Å². The van der Waals surface area contributed by atoms with Gasteiger partial charge in [-0.05, 0) is 23.1 Å². The van der Waals surface area contributed by atoms with Gasteiger partial charge in [-0.2, -0.15) is 0 Å². The maximum atomic E-state index is 5.47. The molecule has 0 saturated carbocycles. The van der Waals surface area contributed by atoms with Crippen LogP contribution in [0.4, 0.5) is 0 Å². The zero-order chi connectivity index (χ0) is 9.26. The maximum absolute atomic E-state index is 5.47. The van der Waals surface area contributed by atoms with E-state index >= 15 is 0 Å². The third kappa shape index (κ3) is 1.70. The Labute approximate surface area is 81.8 Å². The van der Waals surface area contributed by atoms with Gasteiger partial charge in [0.25, 0.3) is 0 Å². The first-order chi connectivity index (χ1) is 6.25. The second-order valence-electron chi connectivity index (χ2n) is 3.04. The van der Waals surface area contributed by atoms with E-state index in [1.807, 2.05) is 12.3 Å². The minimum Gasteiger partial charge on any atom is -0.393 e. The summed E-state index contributed by atoms with van der Waals surface area (Å²) in [5, 5.41) is 1.21. The average molecular weight is 190 g/mol. The highest BCUT2D eigenvalue weighted by Crippen LogP contribution is 2.14. The number of benzene rings is 1. The van der Waals surface area contributed by atoms with Crippen molar-refractivity contribution in [2.75, 3.05) is 0 Å². The van der Waals surface area contributed by atoms with Gasteiger partial charge in [-0.25, -0.2) is 0 Å². The summed E-state index contributed by atoms with van der Waals surface area (Å²) in [7, 11) is 0. The Kier molecular flexibility index (Phi) is 2.02. The van der Waals surface area contributed by atoms with Crippen molar-refractivity contribution in [2.24, 2.45) is 5.73 Å². The van der Waals surface area contributed by atoms with Crippen LogP contribution in [0.1, 0.15) is 5.56 Å². The van der Waals surface area contributed by atoms with Crippen LogP contribution in [-0.4, -0.2) is 9.97 Å². The molecule has 0 amide bonds. The van der Waals surface area contributed by atoms with E-state index in [4.69, 9.17) is 18.0 Å². The molecule has 66 valence electrons. The summed E-state index contributed by atoms with van der Waals surface area (Å²) in [4.78, 5) is 3.68. The SMILES string of the molecule is NC(=S)Cc1ccc2cc[nH]c2c1. The smallest absolute Gasteiger partial charge is 0.0771 e. The third-order valence-electron chi connectivity index (χ3n) is 2.00. The van der Waals surface area contributed by atoms with Gasteiger partial charge in [0.05, 0.1) is 4.99 Å². The van der Waals surface area contributed by atoms with Crippen LogP contribution in [0.2, 0.25) is 0 Å². The zero-order valence-corrected chi connectivity index (χ0v) is 7.90. The Morgan fingerprint density at radius 1 is 1.38 bits per heavy atom. The van der Waals surface area contributed by atoms with Crippen LogP contribution in [0.5, 0.6) is 0 Å². The van der Waals surface area contributed by atoms with Gasteiger partial charge in [-0.15, -0.1) is 0 Å². The molecule has 0 bridgehead atoms. The van der Waals surface area contributed by atoms with Crippen molar-refractivity contribution in [2.45, 2.75) is 6.42 Å². The van der Waals surface area contributed by atoms with Crippen LogP contribution in [0.15, 0.2) is 30.5 Å². The van der Waals surface area contributed by atoms with E-state index < -0.39 is 0 Å². The largest absolute Gasteiger partial charge is 0.393 e. The van der Waals surface area contributed by atoms with Crippen molar-refractivity contribution in [3.63, 3.8) is 0 Å². The summed E-state index contributed by atoms with van der Waals surface area (Å²) >= 11 is 4.85. The Bertz CT molecular complexity index is 445. The van der Waals surface area contributed by atoms with Gasteiger partial charge in [-0.3, -0.25) is 0 Å². The zero-order valence-electron chi connectivity index (χ0n) is 7.08. The number of nitrogens with two attached hydrogens (primary N) is 1. The van der Waals surface area contributed by atoms with Crippen LogP contribution in [0, 0.1) is 0 Å². The number of hydrogen-bond donors (Lipinski definition) is 2. The fraction of sp³-hybridized carbons (Fsp3) is 0.100. The summed E-state index contributed by atoms with van der Waals surface area (Å²) in [6.07, 6.45) is 2.60. The predicted molar refractivity (Wildman–Crippen MR) is 58.8 cm³/mol. The number of thiocarbonyl (C=S) groups is 1. The second-order valence-corrected chi connectivity index (χ2v) is 3.57. The Morgan fingerprint density at radius 3 is 3.00 bits per heavy atom. The van der Waals surface area contributed by atoms with Gasteiger partial charge >= 0.3 is 0 Å². The predicted octanol–water partition coefficient (Wildman–Crippen LogP) is 2.00. The summed E-state index contributed by atoms with van der Waals surface area (Å²) in [6.45, 7) is 0. The highest BCUT2D eigenvalue weighted by Gasteiger charge is 1.98. The number of nitrogens with one attached hydrogen (secondary N) is 1. The molecule has 1 aromatic carbocycles. The van der Waals surface area contributed by atoms with E-state index in [1.54, 1.807) is 0 Å². The molecule has 0 saturated heterocycles. The Morgan fingerprint density at radius 2 is 2.23 bits per heavy atom. The molecule has 0 aliphatic heterocycles. The molecule has 0 unspecified atom stereocenters. The lowest BCUT2D eigenvalue weighted by Crippen LogP contribution is -2.10. The van der Waals surface area contributed by atoms with Gasteiger partial charge in [0.1, 0.15) is 0 Å². The van der Waals surface area contributed by atoms with E-state index in [1.165, 1.54) is 5.39 Å². The lowest BCUT2D eigenvalue weighted by Gasteiger charge is -1.98. The highest BCUT2D eigenvalue weighted by molar-refractivity contribution is 7.80. The molecule has 0 atom stereocenters. The van der Waals surface area contributed by atoms with Gasteiger partial charge in [0.15, 0.2) is 0 Å². The summed E-state index contributed by atoms with van der Waals surface area (Å²) < 4.78 is 0. The molecule has 1 aromatic heterocycles. The Balaban J connectivity index is 2.42. The summed E-state index contributed by atoms with van der Waals surface area (Å²) in [5.74, 6) is 0. The van der Waals surface area contributed by atoms with E-state index in [-0.39, 0.29) is 0 Å². The second kappa shape index (κ2) is 3.18. The maximum Gasteiger partial charge on any atom is 0.0771 e. The summed E-state index contributed by atoms with van der Waals surface area (Å²) in [6, 6.07) is 8.24. The topological polar surface area (TPSA) is 41.8 Å². The van der Waals surface area contributed by atoms with Gasteiger partial charge in [-0.1, -0.05) is 24.4 Å². The van der Waals surface area contributed by atoms with Crippen molar-refractivity contribution >= 4 is 28.1 Å². The van der Waals surface area contributed by atoms with Crippen molar-refractivity contribution in [1.82, 2.24) is 4.98 Å². The first kappa shape index (κ1) is 8.26. The van der Waals surface area contributed by atoms with E-state index in [9.17, 15) is 0 Å². The lowest BCUT2D eigenvalue weighted by atomic mass is 10.1. The number of fused-ring (bicyclic) bond motifs is 1. The number of H-pyrrole nitrogens is 1. The van der Waals surface area contributed by atoms with E-state index in [0.717, 1.165) is 11.1 Å². The normalized spacial score (nSPS) is 10.5. The van der Waals surface area contributed by atoms with Crippen LogP contribution in [0.3, 0.4) is 0 Å². The van der Waals surface area contributed by atoms with Crippen LogP contribution in [0.25, 0.3) is 10.9 Å². The first-order valence-corrected chi connectivity index (χ1v) is 4.51. The lowest BCUT2D eigenvalue weighted by molar-refractivity contribution is 1.33. The number of hydrogen-bond acceptors (Lipinski definition) is 1. The molecule has 2 nitrogen and oxygen atoms in total. The van der Waals surface area contributed by atoms with E-state index in [0.29, 0.717) is 11.4 Å². The quantitative estimate of drug-likeness (QED) is 0.711. The molecule has 2 rings (SSSR count). The molecule has 3 N–H and O–H groups in total. The van der Waals surface area contributed by atoms with Gasteiger partial charge in [0.2, 0.25) is 0 Å². The molecule has 0 fully saturated rings. The molecule has 0 aliphatic carbocycles. The summed E-state index contributed by atoms with van der Waals surface area (Å²) in [5.41, 5.74) is 7.75. The molecule has 1 heterocycles. The molecule has 0 radical (unpaired) electrons. The molecular weight excluding hydrogens is 180 g/mol. The molecule has 13 heavy (non-hydrogen) atoms. The molecule has 0 spiro atoms. The standard InChI is InChI=1S/C10H10N2S/c11-10(13)6-7-1-2-8-3-4-12-9(8)5-7/h1-5,12H,6H2,(H2,11,13). The minimum absolute atomic E-state index is 0.533. The van der Waals surface area contributed by atoms with Crippen molar-refractivity contribution in [3.8, 4) is 0 Å². The minimum atomic E-state index is 0.533. The average Bonchev–Trinajstić information content (AvgIpc) is 2.49. The fourth-order valence-electron chi connectivity index (χ4n) is 1.41. The van der Waals surface area contributed by atoms with Crippen LogP contribution >= 0.6 is 12.2 Å². The van der Waals surface area contributed by atoms with Crippen LogP contribution in [-0.2, 0) is 6.42 Å². The first-order valence-electron chi connectivity index (χ1n) is 4.10.